The van der Waals surface area contributed by atoms with Crippen LogP contribution in [0.3, 0.4) is 0 Å². The van der Waals surface area contributed by atoms with Gasteiger partial charge < -0.3 is 9.88 Å². The lowest BCUT2D eigenvalue weighted by Gasteiger charge is -2.14. The first kappa shape index (κ1) is 23.2. The monoisotopic (exact) mass is 491 g/mol. The van der Waals surface area contributed by atoms with Gasteiger partial charge in [-0.25, -0.2) is 13.1 Å². The molecule has 182 valence electrons. The van der Waals surface area contributed by atoms with E-state index in [9.17, 15) is 13.2 Å². The van der Waals surface area contributed by atoms with Crippen molar-refractivity contribution < 1.29 is 13.2 Å². The van der Waals surface area contributed by atoms with E-state index in [0.717, 1.165) is 34.1 Å². The second kappa shape index (κ2) is 9.22. The van der Waals surface area contributed by atoms with Gasteiger partial charge >= 0.3 is 0 Å². The molecule has 1 atom stereocenters. The summed E-state index contributed by atoms with van der Waals surface area (Å²) in [6, 6.07) is 14.2. The van der Waals surface area contributed by atoms with Crippen LogP contribution in [-0.2, 0) is 21.2 Å². The van der Waals surface area contributed by atoms with Crippen molar-refractivity contribution in [3.8, 4) is 16.8 Å². The van der Waals surface area contributed by atoms with E-state index in [1.807, 2.05) is 35.3 Å². The Labute approximate surface area is 205 Å². The molecule has 2 N–H and O–H groups in total. The van der Waals surface area contributed by atoms with Crippen LogP contribution in [0, 0.1) is 5.92 Å². The smallest absolute Gasteiger partial charge is 0.233 e. The number of H-pyrrole nitrogens is 1. The number of sulfonamides is 1. The molecule has 1 aliphatic heterocycles. The van der Waals surface area contributed by atoms with Gasteiger partial charge in [0, 0.05) is 48.9 Å². The van der Waals surface area contributed by atoms with Crippen molar-refractivity contribution in [3.05, 3.63) is 66.6 Å². The molecule has 8 nitrogen and oxygen atoms in total. The van der Waals surface area contributed by atoms with Crippen LogP contribution in [0.1, 0.15) is 25.8 Å². The maximum absolute atomic E-state index is 12.9. The summed E-state index contributed by atoms with van der Waals surface area (Å²) < 4.78 is 30.4. The van der Waals surface area contributed by atoms with Crippen LogP contribution in [0.5, 0.6) is 0 Å². The number of nitrogens with zero attached hydrogens (tertiary/aromatic N) is 3. The SMILES string of the molecule is CCc1ccc(-n2cc(-c3ccc4[nH]cc(NS(=O)(=O)CC5CCN(C(C)=O)C5)c4c3)cn2)cc1. The van der Waals surface area contributed by atoms with Crippen molar-refractivity contribution in [2.75, 3.05) is 23.6 Å². The number of aromatic amines is 1. The Morgan fingerprint density at radius 2 is 1.97 bits per heavy atom. The lowest BCUT2D eigenvalue weighted by Crippen LogP contribution is -2.28. The first-order valence-electron chi connectivity index (χ1n) is 11.8. The molecule has 4 aromatic rings. The van der Waals surface area contributed by atoms with Crippen LogP contribution in [0.25, 0.3) is 27.7 Å². The lowest BCUT2D eigenvalue weighted by molar-refractivity contribution is -0.127. The molecule has 0 aliphatic carbocycles. The van der Waals surface area contributed by atoms with Crippen molar-refractivity contribution in [2.24, 2.45) is 5.92 Å². The molecule has 9 heteroatoms. The molecule has 0 spiro atoms. The third-order valence-corrected chi connectivity index (χ3v) is 8.10. The summed E-state index contributed by atoms with van der Waals surface area (Å²) >= 11 is 0. The van der Waals surface area contributed by atoms with Gasteiger partial charge in [0.1, 0.15) is 0 Å². The Balaban J connectivity index is 1.35. The zero-order chi connectivity index (χ0) is 24.6. The summed E-state index contributed by atoms with van der Waals surface area (Å²) in [6.07, 6.45) is 7.15. The number of rotatable bonds is 7. The Morgan fingerprint density at radius 1 is 1.17 bits per heavy atom. The molecule has 5 rings (SSSR count). The van der Waals surface area contributed by atoms with Crippen molar-refractivity contribution in [1.82, 2.24) is 19.7 Å². The minimum atomic E-state index is -3.57. The molecule has 0 saturated carbocycles. The number of hydrogen-bond acceptors (Lipinski definition) is 4. The molecular formula is C26H29N5O3S. The third-order valence-electron chi connectivity index (χ3n) is 6.66. The van der Waals surface area contributed by atoms with E-state index in [0.29, 0.717) is 25.2 Å². The maximum atomic E-state index is 12.9. The molecule has 1 saturated heterocycles. The number of aromatic nitrogens is 3. The summed E-state index contributed by atoms with van der Waals surface area (Å²) in [4.78, 5) is 16.4. The van der Waals surface area contributed by atoms with Crippen molar-refractivity contribution in [2.45, 2.75) is 26.7 Å². The summed E-state index contributed by atoms with van der Waals surface area (Å²) in [5.74, 6) is -0.0788. The topological polar surface area (TPSA) is 100 Å². The van der Waals surface area contributed by atoms with E-state index < -0.39 is 10.0 Å². The summed E-state index contributed by atoms with van der Waals surface area (Å²) in [5.41, 5.74) is 5.51. The zero-order valence-electron chi connectivity index (χ0n) is 19.9. The number of likely N-dealkylation sites (tertiary alicyclic amines) is 1. The molecule has 1 fully saturated rings. The van der Waals surface area contributed by atoms with Gasteiger partial charge in [-0.1, -0.05) is 25.1 Å². The Kier molecular flexibility index (Phi) is 6.10. The highest BCUT2D eigenvalue weighted by atomic mass is 32.2. The van der Waals surface area contributed by atoms with Gasteiger partial charge in [-0.05, 0) is 54.2 Å². The van der Waals surface area contributed by atoms with E-state index in [1.165, 1.54) is 12.5 Å². The number of nitrogens with one attached hydrogen (secondary N) is 2. The van der Waals surface area contributed by atoms with Gasteiger partial charge in [0.05, 0.1) is 23.3 Å². The Hall–Kier alpha value is -3.59. The average Bonchev–Trinajstić information content (AvgIpc) is 3.59. The number of amides is 1. The van der Waals surface area contributed by atoms with E-state index in [2.05, 4.69) is 46.0 Å². The predicted molar refractivity (Wildman–Crippen MR) is 138 cm³/mol. The minimum Gasteiger partial charge on any atom is -0.359 e. The summed E-state index contributed by atoms with van der Waals surface area (Å²) in [7, 11) is -3.57. The van der Waals surface area contributed by atoms with Crippen LogP contribution < -0.4 is 4.72 Å². The standard InChI is InChI=1S/C26H29N5O3S/c1-3-19-4-7-23(8-5-19)31-16-22(13-28-31)21-6-9-25-24(12-21)26(14-27-25)29-35(33,34)17-20-10-11-30(15-20)18(2)32/h4-9,12-14,16,20,27,29H,3,10-11,15,17H2,1-2H3. The molecule has 0 radical (unpaired) electrons. The Morgan fingerprint density at radius 3 is 2.69 bits per heavy atom. The van der Waals surface area contributed by atoms with Gasteiger partial charge in [0.2, 0.25) is 15.9 Å². The van der Waals surface area contributed by atoms with Gasteiger partial charge in [0.25, 0.3) is 0 Å². The molecule has 1 aliphatic rings. The molecule has 1 amide bonds. The number of anilines is 1. The second-order valence-corrected chi connectivity index (χ2v) is 10.9. The third kappa shape index (κ3) is 4.95. The number of carbonyl (C=O) groups excluding carboxylic acids is 1. The predicted octanol–water partition coefficient (Wildman–Crippen LogP) is 4.19. The number of aryl methyl sites for hydroxylation is 1. The minimum absolute atomic E-state index is 0.00721. The van der Waals surface area contributed by atoms with E-state index >= 15 is 0 Å². The number of carbonyl (C=O) groups is 1. The van der Waals surface area contributed by atoms with Crippen molar-refractivity contribution >= 4 is 32.5 Å². The van der Waals surface area contributed by atoms with E-state index in [1.54, 1.807) is 11.1 Å². The van der Waals surface area contributed by atoms with Gasteiger partial charge in [-0.2, -0.15) is 5.10 Å². The van der Waals surface area contributed by atoms with Gasteiger partial charge in [0.15, 0.2) is 0 Å². The highest BCUT2D eigenvalue weighted by Gasteiger charge is 2.28. The molecular weight excluding hydrogens is 462 g/mol. The highest BCUT2D eigenvalue weighted by Crippen LogP contribution is 2.30. The van der Waals surface area contributed by atoms with Crippen LogP contribution in [0.2, 0.25) is 0 Å². The van der Waals surface area contributed by atoms with Gasteiger partial charge in [-0.3, -0.25) is 9.52 Å². The van der Waals surface area contributed by atoms with Crippen LogP contribution >= 0.6 is 0 Å². The summed E-state index contributed by atoms with van der Waals surface area (Å²) in [5, 5.41) is 5.31. The first-order chi connectivity index (χ1) is 16.8. The maximum Gasteiger partial charge on any atom is 0.233 e. The highest BCUT2D eigenvalue weighted by molar-refractivity contribution is 7.92. The lowest BCUT2D eigenvalue weighted by atomic mass is 10.1. The average molecular weight is 492 g/mol. The fraction of sp³-hybridized carbons (Fsp3) is 0.308. The summed E-state index contributed by atoms with van der Waals surface area (Å²) in [6.45, 7) is 4.75. The quantitative estimate of drug-likeness (QED) is 0.405. The van der Waals surface area contributed by atoms with E-state index in [-0.39, 0.29) is 17.6 Å². The molecule has 2 aromatic heterocycles. The van der Waals surface area contributed by atoms with E-state index in [4.69, 9.17) is 0 Å². The zero-order valence-corrected chi connectivity index (χ0v) is 20.7. The molecule has 35 heavy (non-hydrogen) atoms. The first-order valence-corrected chi connectivity index (χ1v) is 13.5. The van der Waals surface area contributed by atoms with Crippen LogP contribution in [0.15, 0.2) is 61.1 Å². The molecule has 0 bridgehead atoms. The van der Waals surface area contributed by atoms with Crippen LogP contribution in [-0.4, -0.2) is 52.8 Å². The van der Waals surface area contributed by atoms with Crippen molar-refractivity contribution in [3.63, 3.8) is 0 Å². The van der Waals surface area contributed by atoms with Crippen LogP contribution in [0.4, 0.5) is 5.69 Å². The number of benzene rings is 2. The Bertz CT molecular complexity index is 1470. The molecule has 3 heterocycles. The normalized spacial score (nSPS) is 16.2. The fourth-order valence-corrected chi connectivity index (χ4v) is 6.14. The van der Waals surface area contributed by atoms with Gasteiger partial charge in [-0.15, -0.1) is 0 Å². The molecule has 1 unspecified atom stereocenters. The van der Waals surface area contributed by atoms with Crippen molar-refractivity contribution in [1.29, 1.82) is 0 Å². The fourth-order valence-electron chi connectivity index (χ4n) is 4.66. The largest absolute Gasteiger partial charge is 0.359 e. The second-order valence-electron chi connectivity index (χ2n) is 9.16. The number of fused-ring (bicyclic) bond motifs is 1. The molecule has 2 aromatic carbocycles. The number of hydrogen-bond donors (Lipinski definition) is 2.